The topological polar surface area (TPSA) is 92.8 Å². The largest absolute Gasteiger partial charge is 0.493 e. The van der Waals surface area contributed by atoms with Crippen LogP contribution in [-0.2, 0) is 9.59 Å². The predicted molar refractivity (Wildman–Crippen MR) is 148 cm³/mol. The van der Waals surface area contributed by atoms with E-state index in [4.69, 9.17) is 14.5 Å². The zero-order valence-electron chi connectivity index (χ0n) is 22.3. The minimum absolute atomic E-state index is 0.0599. The fraction of sp³-hybridized carbons (Fsp3) is 0.414. The van der Waals surface area contributed by atoms with Gasteiger partial charge in [-0.2, -0.15) is 0 Å². The van der Waals surface area contributed by atoms with Crippen LogP contribution in [0.4, 0.5) is 17.2 Å². The van der Waals surface area contributed by atoms with Crippen LogP contribution in [0.3, 0.4) is 0 Å². The number of pyridine rings is 1. The average molecular weight is 505 g/mol. The Balaban J connectivity index is 1.35. The van der Waals surface area contributed by atoms with Crippen molar-refractivity contribution in [3.05, 3.63) is 48.0 Å². The number of amides is 2. The van der Waals surface area contributed by atoms with Crippen LogP contribution in [-0.4, -0.2) is 44.1 Å². The van der Waals surface area contributed by atoms with E-state index >= 15 is 0 Å². The number of hydrogen-bond donors (Lipinski definition) is 2. The summed E-state index contributed by atoms with van der Waals surface area (Å²) in [5.41, 5.74) is 3.30. The number of aryl methyl sites for hydroxylation is 1. The van der Waals surface area contributed by atoms with Crippen molar-refractivity contribution in [2.24, 2.45) is 11.8 Å². The van der Waals surface area contributed by atoms with E-state index in [2.05, 4.69) is 42.4 Å². The van der Waals surface area contributed by atoms with Gasteiger partial charge in [0.1, 0.15) is 5.82 Å². The number of carbonyl (C=O) groups excluding carboxylic acids is 2. The maximum absolute atomic E-state index is 12.5. The number of methoxy groups -OCH3 is 2. The lowest BCUT2D eigenvalue weighted by molar-refractivity contribution is -0.121. The first-order valence-electron chi connectivity index (χ1n) is 12.7. The summed E-state index contributed by atoms with van der Waals surface area (Å²) in [5, 5.41) is 6.70. The smallest absolute Gasteiger partial charge is 0.224 e. The monoisotopic (exact) mass is 504 g/mol. The van der Waals surface area contributed by atoms with E-state index in [1.165, 1.54) is 13.5 Å². The van der Waals surface area contributed by atoms with Crippen molar-refractivity contribution in [3.8, 4) is 11.5 Å². The fourth-order valence-electron chi connectivity index (χ4n) is 5.05. The summed E-state index contributed by atoms with van der Waals surface area (Å²) >= 11 is 0. The molecule has 8 nitrogen and oxygen atoms in total. The van der Waals surface area contributed by atoms with Gasteiger partial charge >= 0.3 is 0 Å². The third kappa shape index (κ3) is 6.50. The Hall–Kier alpha value is -3.81. The number of benzene rings is 2. The summed E-state index contributed by atoms with van der Waals surface area (Å²) in [6.45, 7) is 8.72. The van der Waals surface area contributed by atoms with Gasteiger partial charge < -0.3 is 25.0 Å². The first kappa shape index (κ1) is 26.3. The van der Waals surface area contributed by atoms with Gasteiger partial charge in [0.2, 0.25) is 11.8 Å². The predicted octanol–water partition coefficient (Wildman–Crippen LogP) is 5.40. The molecule has 37 heavy (non-hydrogen) atoms. The number of nitrogens with zero attached hydrogens (tertiary/aromatic N) is 2. The molecular weight excluding hydrogens is 468 g/mol. The molecule has 0 spiro atoms. The zero-order valence-corrected chi connectivity index (χ0v) is 22.3. The molecule has 1 aliphatic rings. The molecule has 2 amide bonds. The molecule has 2 heterocycles. The number of carbonyl (C=O) groups is 2. The molecule has 2 N–H and O–H groups in total. The van der Waals surface area contributed by atoms with E-state index in [1.54, 1.807) is 25.3 Å². The molecule has 2 atom stereocenters. The van der Waals surface area contributed by atoms with Crippen LogP contribution < -0.4 is 25.0 Å². The van der Waals surface area contributed by atoms with Crippen molar-refractivity contribution >= 4 is 39.9 Å². The van der Waals surface area contributed by atoms with Crippen molar-refractivity contribution in [3.63, 3.8) is 0 Å². The molecule has 196 valence electrons. The maximum Gasteiger partial charge on any atom is 0.224 e. The van der Waals surface area contributed by atoms with Crippen molar-refractivity contribution in [1.82, 2.24) is 4.98 Å². The van der Waals surface area contributed by atoms with Gasteiger partial charge in [0.15, 0.2) is 11.5 Å². The maximum atomic E-state index is 12.5. The van der Waals surface area contributed by atoms with Gasteiger partial charge in [0.25, 0.3) is 0 Å². The highest BCUT2D eigenvalue weighted by atomic mass is 16.5. The number of rotatable bonds is 8. The normalized spacial score (nSPS) is 17.4. The molecule has 1 saturated heterocycles. The van der Waals surface area contributed by atoms with Gasteiger partial charge in [-0.25, -0.2) is 4.98 Å². The van der Waals surface area contributed by atoms with E-state index in [-0.39, 0.29) is 24.7 Å². The second kappa shape index (κ2) is 11.5. The molecule has 0 bridgehead atoms. The summed E-state index contributed by atoms with van der Waals surface area (Å²) in [6, 6.07) is 13.0. The fourth-order valence-corrected chi connectivity index (χ4v) is 5.05. The van der Waals surface area contributed by atoms with Gasteiger partial charge in [-0.15, -0.1) is 0 Å². The van der Waals surface area contributed by atoms with Crippen LogP contribution >= 0.6 is 0 Å². The molecular formula is C29H36N4O4. The average Bonchev–Trinajstić information content (AvgIpc) is 2.87. The van der Waals surface area contributed by atoms with Crippen molar-refractivity contribution in [2.45, 2.75) is 40.0 Å². The Labute approximate surface area is 218 Å². The third-order valence-electron chi connectivity index (χ3n) is 6.73. The van der Waals surface area contributed by atoms with Gasteiger partial charge in [-0.3, -0.25) is 9.59 Å². The van der Waals surface area contributed by atoms with Crippen LogP contribution in [0.5, 0.6) is 11.5 Å². The van der Waals surface area contributed by atoms with Gasteiger partial charge in [0.05, 0.1) is 19.7 Å². The van der Waals surface area contributed by atoms with Crippen LogP contribution in [0.2, 0.25) is 0 Å². The molecule has 4 rings (SSSR count). The van der Waals surface area contributed by atoms with Crippen molar-refractivity contribution in [1.29, 1.82) is 0 Å². The summed E-state index contributed by atoms with van der Waals surface area (Å²) in [4.78, 5) is 32.2. The Bertz CT molecular complexity index is 1280. The van der Waals surface area contributed by atoms with Crippen LogP contribution in [0.1, 0.15) is 38.7 Å². The number of nitrogens with one attached hydrogen (secondary N) is 2. The van der Waals surface area contributed by atoms with E-state index in [9.17, 15) is 9.59 Å². The Morgan fingerprint density at radius 1 is 0.892 bits per heavy atom. The number of fused-ring (bicyclic) bond motifs is 1. The lowest BCUT2D eigenvalue weighted by Crippen LogP contribution is -2.39. The number of anilines is 3. The highest BCUT2D eigenvalue weighted by Crippen LogP contribution is 2.31. The van der Waals surface area contributed by atoms with E-state index < -0.39 is 0 Å². The highest BCUT2D eigenvalue weighted by molar-refractivity contribution is 5.98. The molecule has 0 aliphatic carbocycles. The zero-order chi connectivity index (χ0) is 26.5. The van der Waals surface area contributed by atoms with Crippen LogP contribution in [0, 0.1) is 18.8 Å². The molecule has 1 aliphatic heterocycles. The molecule has 8 heteroatoms. The number of ether oxygens (including phenoxy) is 2. The summed E-state index contributed by atoms with van der Waals surface area (Å²) < 4.78 is 10.5. The van der Waals surface area contributed by atoms with Crippen LogP contribution in [0.15, 0.2) is 42.5 Å². The van der Waals surface area contributed by atoms with Crippen molar-refractivity contribution < 1.29 is 19.1 Å². The van der Waals surface area contributed by atoms with Crippen LogP contribution in [0.25, 0.3) is 10.9 Å². The summed E-state index contributed by atoms with van der Waals surface area (Å²) in [7, 11) is 3.09. The first-order chi connectivity index (χ1) is 17.7. The Kier molecular flexibility index (Phi) is 8.16. The SMILES string of the molecule is COc1ccc(NC(=O)CCC(=O)Nc2ccc3nc(N4C[C@H](C)C[C@@H](C)C4)cc(C)c3c2)cc1OC. The molecule has 3 aromatic rings. The minimum atomic E-state index is -0.255. The Morgan fingerprint density at radius 2 is 1.49 bits per heavy atom. The lowest BCUT2D eigenvalue weighted by Gasteiger charge is -2.36. The number of aromatic nitrogens is 1. The quantitative estimate of drug-likeness (QED) is 0.427. The number of piperidine rings is 1. The second-order valence-electron chi connectivity index (χ2n) is 10.0. The van der Waals surface area contributed by atoms with Gasteiger partial charge in [0, 0.05) is 48.8 Å². The molecule has 0 saturated carbocycles. The number of hydrogen-bond acceptors (Lipinski definition) is 6. The van der Waals surface area contributed by atoms with E-state index in [1.807, 2.05) is 18.2 Å². The Morgan fingerprint density at radius 3 is 2.11 bits per heavy atom. The lowest BCUT2D eigenvalue weighted by atomic mass is 9.92. The molecule has 2 aromatic carbocycles. The molecule has 1 fully saturated rings. The molecule has 0 unspecified atom stereocenters. The van der Waals surface area contributed by atoms with Crippen molar-refractivity contribution in [2.75, 3.05) is 42.8 Å². The molecule has 1 aromatic heterocycles. The molecule has 0 radical (unpaired) electrons. The summed E-state index contributed by atoms with van der Waals surface area (Å²) in [6.07, 6.45) is 1.38. The second-order valence-corrected chi connectivity index (χ2v) is 10.0. The first-order valence-corrected chi connectivity index (χ1v) is 12.7. The van der Waals surface area contributed by atoms with Gasteiger partial charge in [-0.05, 0) is 67.1 Å². The standard InChI is InChI=1S/C29H36N4O4/c1-18-12-19(2)17-33(16-18)27-13-20(3)23-14-21(6-8-24(23)32-27)30-28(34)10-11-29(35)31-22-7-9-25(36-4)26(15-22)37-5/h6-9,13-15,18-19H,10-12,16-17H2,1-5H3,(H,30,34)(H,31,35)/t18-,19-/m1/s1. The summed E-state index contributed by atoms with van der Waals surface area (Å²) in [5.74, 6) is 2.94. The highest BCUT2D eigenvalue weighted by Gasteiger charge is 2.23. The van der Waals surface area contributed by atoms with E-state index in [0.717, 1.165) is 35.4 Å². The third-order valence-corrected chi connectivity index (χ3v) is 6.73. The van der Waals surface area contributed by atoms with E-state index in [0.29, 0.717) is 34.7 Å². The van der Waals surface area contributed by atoms with Gasteiger partial charge in [-0.1, -0.05) is 13.8 Å². The minimum Gasteiger partial charge on any atom is -0.493 e.